The number of furan rings is 2. The number of benzene rings is 13. The minimum absolute atomic E-state index is 0.881. The summed E-state index contributed by atoms with van der Waals surface area (Å²) in [7, 11) is 0. The van der Waals surface area contributed by atoms with Gasteiger partial charge in [-0.05, 0) is 168 Å². The fourth-order valence-electron chi connectivity index (χ4n) is 14.4. The maximum atomic E-state index is 6.35. The van der Waals surface area contributed by atoms with Gasteiger partial charge in [0.1, 0.15) is 22.3 Å². The van der Waals surface area contributed by atoms with E-state index in [-0.39, 0.29) is 0 Å². The fraction of sp³-hybridized carbons (Fsp3) is 0. The first-order chi connectivity index (χ1) is 44.6. The van der Waals surface area contributed by atoms with Crippen molar-refractivity contribution in [2.45, 2.75) is 0 Å². The molecular formula is C83H51N5O2. The third-order valence-electron chi connectivity index (χ3n) is 18.5. The molecule has 0 N–H and O–H groups in total. The number of rotatable bonds is 6. The Bertz CT molecular complexity index is 6130. The van der Waals surface area contributed by atoms with Crippen molar-refractivity contribution < 1.29 is 8.83 Å². The van der Waals surface area contributed by atoms with E-state index in [1.165, 1.54) is 82.1 Å². The number of hydrogen-bond acceptors (Lipinski definition) is 3. The molecule has 0 spiro atoms. The average Bonchev–Trinajstić information content (AvgIpc) is 2.93. The third kappa shape index (κ3) is 7.63. The lowest BCUT2D eigenvalue weighted by atomic mass is 10.0. The highest BCUT2D eigenvalue weighted by Gasteiger charge is 2.20. The molecule has 0 aliphatic carbocycles. The van der Waals surface area contributed by atoms with Gasteiger partial charge >= 0.3 is 0 Å². The predicted molar refractivity (Wildman–Crippen MR) is 373 cm³/mol. The zero-order valence-electron chi connectivity index (χ0n) is 48.5. The summed E-state index contributed by atoms with van der Waals surface area (Å²) >= 11 is 0. The summed E-state index contributed by atoms with van der Waals surface area (Å²) < 4.78 is 22.0. The average molecular weight is 1150 g/mol. The first-order valence-corrected chi connectivity index (χ1v) is 30.6. The van der Waals surface area contributed by atoms with E-state index in [2.05, 4.69) is 316 Å². The van der Waals surface area contributed by atoms with Crippen LogP contribution in [0.25, 0.3) is 176 Å². The zero-order valence-corrected chi connectivity index (χ0v) is 48.5. The van der Waals surface area contributed by atoms with Crippen molar-refractivity contribution in [3.8, 4) is 45.0 Å². The quantitative estimate of drug-likeness (QED) is 0.167. The van der Waals surface area contributed by atoms with Crippen molar-refractivity contribution in [3.63, 3.8) is 0 Å². The van der Waals surface area contributed by atoms with Crippen molar-refractivity contribution >= 4 is 131 Å². The van der Waals surface area contributed by atoms with Crippen LogP contribution >= 0.6 is 0 Å². The number of fused-ring (bicyclic) bond motifs is 18. The Labute approximate surface area is 515 Å². The normalized spacial score (nSPS) is 12.0. The number of hydrogen-bond donors (Lipinski definition) is 0. The van der Waals surface area contributed by atoms with Crippen LogP contribution in [0.15, 0.2) is 318 Å². The zero-order chi connectivity index (χ0) is 59.0. The molecule has 0 saturated carbocycles. The molecule has 0 radical (unpaired) electrons. The molecule has 0 fully saturated rings. The van der Waals surface area contributed by atoms with E-state index in [4.69, 9.17) is 13.8 Å². The molecule has 420 valence electrons. The summed E-state index contributed by atoms with van der Waals surface area (Å²) in [6.45, 7) is 0. The summed E-state index contributed by atoms with van der Waals surface area (Å²) in [6.07, 6.45) is 1.87. The maximum absolute atomic E-state index is 6.35. The lowest BCUT2D eigenvalue weighted by Gasteiger charge is -2.09. The van der Waals surface area contributed by atoms with Gasteiger partial charge in [0.05, 0.1) is 49.7 Å². The van der Waals surface area contributed by atoms with Crippen molar-refractivity contribution in [2.75, 3.05) is 0 Å². The van der Waals surface area contributed by atoms with Gasteiger partial charge in [0.2, 0.25) is 0 Å². The second-order valence-electron chi connectivity index (χ2n) is 23.4. The molecule has 0 unspecified atom stereocenters. The van der Waals surface area contributed by atoms with Crippen LogP contribution in [-0.4, -0.2) is 23.3 Å². The summed E-state index contributed by atoms with van der Waals surface area (Å²) in [5.41, 5.74) is 23.3. The van der Waals surface area contributed by atoms with E-state index in [1.54, 1.807) is 0 Å². The van der Waals surface area contributed by atoms with E-state index in [9.17, 15) is 0 Å². The van der Waals surface area contributed by atoms with E-state index < -0.39 is 0 Å². The molecule has 7 nitrogen and oxygen atoms in total. The molecule has 0 bridgehead atoms. The Morgan fingerprint density at radius 3 is 1.01 bits per heavy atom. The first-order valence-electron chi connectivity index (χ1n) is 30.6. The van der Waals surface area contributed by atoms with Crippen molar-refractivity contribution in [2.24, 2.45) is 0 Å². The van der Waals surface area contributed by atoms with Crippen LogP contribution in [0.2, 0.25) is 0 Å². The highest BCUT2D eigenvalue weighted by molar-refractivity contribution is 6.15. The van der Waals surface area contributed by atoms with Gasteiger partial charge in [-0.1, -0.05) is 158 Å². The van der Waals surface area contributed by atoms with Crippen molar-refractivity contribution in [1.82, 2.24) is 23.3 Å². The Morgan fingerprint density at radius 2 is 0.511 bits per heavy atom. The standard InChI is InChI=1S/C42H26N2O.C41H25N3O/c1-5-13-37-31(9-1)32-10-2-6-14-38(32)43(37)29-20-17-27(18-21-29)28-19-23-41-35(25-28)36-26-30(22-24-42(36)45-41)44-39-15-7-3-11-33(39)34-12-4-8-16-40(34)44;1-2-9-28(10-3-1)43-35-13-6-4-11-30(35)32-23-26(16-19-37(32)43)27-17-20-39-33(24-27)34-25-29(18-21-40(34)45-39)44-36-14-7-5-12-31(36)41-38(44)15-8-22-42-41/h1-26H;1-25H. The topological polar surface area (TPSA) is 58.9 Å². The molecule has 0 amide bonds. The summed E-state index contributed by atoms with van der Waals surface area (Å²) in [6, 6.07) is 108. The summed E-state index contributed by atoms with van der Waals surface area (Å²) in [4.78, 5) is 4.72. The van der Waals surface area contributed by atoms with Crippen LogP contribution in [0.5, 0.6) is 0 Å². The molecule has 0 aliphatic rings. The van der Waals surface area contributed by atoms with Gasteiger partial charge in [-0.25, -0.2) is 0 Å². The van der Waals surface area contributed by atoms with Gasteiger partial charge in [0, 0.05) is 88.2 Å². The number of pyridine rings is 1. The Kier molecular flexibility index (Phi) is 10.9. The maximum Gasteiger partial charge on any atom is 0.135 e. The number of para-hydroxylation sites is 7. The SMILES string of the molecule is c1ccc(-n2c3ccccc3c3cc(-c4ccc5oc6ccc(-n7c8ccccc8c8ncccc87)cc6c5c4)ccc32)cc1.c1ccc2c(c1)c1ccccc1n2-c1ccc(-c2ccc3oc4ccc(-n5c6ccccc6c6ccccc65)cc4c3c2)cc1. The molecule has 7 aromatic heterocycles. The Balaban J connectivity index is 0.000000130. The summed E-state index contributed by atoms with van der Waals surface area (Å²) in [5.74, 6) is 0. The third-order valence-corrected chi connectivity index (χ3v) is 18.5. The second-order valence-corrected chi connectivity index (χ2v) is 23.4. The summed E-state index contributed by atoms with van der Waals surface area (Å²) in [5, 5.41) is 13.2. The van der Waals surface area contributed by atoms with Gasteiger partial charge in [0.15, 0.2) is 0 Å². The van der Waals surface area contributed by atoms with Gasteiger partial charge < -0.3 is 27.1 Å². The largest absolute Gasteiger partial charge is 0.456 e. The van der Waals surface area contributed by atoms with Crippen molar-refractivity contribution in [1.29, 1.82) is 0 Å². The van der Waals surface area contributed by atoms with Gasteiger partial charge in [-0.15, -0.1) is 0 Å². The minimum atomic E-state index is 0.881. The molecule has 0 atom stereocenters. The Morgan fingerprint density at radius 1 is 0.200 bits per heavy atom. The smallest absolute Gasteiger partial charge is 0.135 e. The number of nitrogens with zero attached hydrogens (tertiary/aromatic N) is 5. The molecular weight excluding hydrogens is 1100 g/mol. The second kappa shape index (κ2) is 19.7. The molecule has 7 heteroatoms. The Hall–Kier alpha value is -12.2. The highest BCUT2D eigenvalue weighted by atomic mass is 16.3. The molecule has 20 aromatic rings. The van der Waals surface area contributed by atoms with Gasteiger partial charge in [-0.3, -0.25) is 4.98 Å². The van der Waals surface area contributed by atoms with E-state index >= 15 is 0 Å². The van der Waals surface area contributed by atoms with Crippen LogP contribution in [0.3, 0.4) is 0 Å². The van der Waals surface area contributed by atoms with E-state index in [0.717, 1.165) is 94.1 Å². The highest BCUT2D eigenvalue weighted by Crippen LogP contribution is 2.42. The van der Waals surface area contributed by atoms with Gasteiger partial charge in [0.25, 0.3) is 0 Å². The van der Waals surface area contributed by atoms with Crippen LogP contribution < -0.4 is 0 Å². The van der Waals surface area contributed by atoms with E-state index in [0.29, 0.717) is 0 Å². The lowest BCUT2D eigenvalue weighted by molar-refractivity contribution is 0.668. The van der Waals surface area contributed by atoms with Crippen LogP contribution in [-0.2, 0) is 0 Å². The van der Waals surface area contributed by atoms with Crippen LogP contribution in [0, 0.1) is 0 Å². The molecule has 13 aromatic carbocycles. The molecule has 0 aliphatic heterocycles. The molecule has 90 heavy (non-hydrogen) atoms. The number of aromatic nitrogens is 5. The fourth-order valence-corrected chi connectivity index (χ4v) is 14.4. The molecule has 7 heterocycles. The van der Waals surface area contributed by atoms with E-state index in [1.807, 2.05) is 12.3 Å². The van der Waals surface area contributed by atoms with Crippen LogP contribution in [0.4, 0.5) is 0 Å². The predicted octanol–water partition coefficient (Wildman–Crippen LogP) is 22.3. The minimum Gasteiger partial charge on any atom is -0.456 e. The monoisotopic (exact) mass is 1150 g/mol. The first kappa shape index (κ1) is 50.0. The van der Waals surface area contributed by atoms with Crippen molar-refractivity contribution in [3.05, 3.63) is 310 Å². The molecule has 0 saturated heterocycles. The molecule has 20 rings (SSSR count). The van der Waals surface area contributed by atoms with Crippen LogP contribution in [0.1, 0.15) is 0 Å². The van der Waals surface area contributed by atoms with Gasteiger partial charge in [-0.2, -0.15) is 0 Å². The lowest BCUT2D eigenvalue weighted by Crippen LogP contribution is -1.93.